The molecule has 1 atom stereocenters. The average molecular weight is 214 g/mol. The highest BCUT2D eigenvalue weighted by molar-refractivity contribution is 7.99. The molecule has 1 rings (SSSR count). The molecule has 4 nitrogen and oxygen atoms in total. The van der Waals surface area contributed by atoms with E-state index in [2.05, 4.69) is 5.43 Å². The Morgan fingerprint density at radius 3 is 3.00 bits per heavy atom. The summed E-state index contributed by atoms with van der Waals surface area (Å²) in [6.07, 6.45) is 1.64. The molecule has 14 heavy (non-hydrogen) atoms. The fourth-order valence-corrected chi connectivity index (χ4v) is 1.94. The van der Waals surface area contributed by atoms with Crippen LogP contribution in [0.3, 0.4) is 0 Å². The molecule has 0 bridgehead atoms. The molecule has 0 saturated heterocycles. The van der Waals surface area contributed by atoms with E-state index in [4.69, 9.17) is 10.3 Å². The minimum Gasteiger partial charge on any atom is -0.468 e. The first-order valence-electron chi connectivity index (χ1n) is 4.32. The number of nitrogens with one attached hydrogen (secondary N) is 1. The van der Waals surface area contributed by atoms with Crippen LogP contribution in [-0.4, -0.2) is 11.7 Å². The Morgan fingerprint density at radius 1 is 1.79 bits per heavy atom. The molecule has 5 heteroatoms. The van der Waals surface area contributed by atoms with Crippen molar-refractivity contribution in [3.05, 3.63) is 18.1 Å². The van der Waals surface area contributed by atoms with Crippen LogP contribution in [0.4, 0.5) is 0 Å². The van der Waals surface area contributed by atoms with Crippen molar-refractivity contribution in [2.45, 2.75) is 18.7 Å². The van der Waals surface area contributed by atoms with Gasteiger partial charge in [0.2, 0.25) is 5.91 Å². The quantitative estimate of drug-likeness (QED) is 0.343. The summed E-state index contributed by atoms with van der Waals surface area (Å²) in [6.45, 7) is 3.74. The molecule has 0 aliphatic rings. The third-order valence-corrected chi connectivity index (χ3v) is 3.29. The summed E-state index contributed by atoms with van der Waals surface area (Å²) in [7, 11) is 0. The standard InChI is InChI=1S/C9H14N2O2S/c1-6(9(12)11-10)5-14-8-3-4-13-7(8)2/h3-4,6H,5,10H2,1-2H3,(H,11,12). The number of amides is 1. The number of hydrogen-bond donors (Lipinski definition) is 2. The van der Waals surface area contributed by atoms with Gasteiger partial charge in [-0.2, -0.15) is 0 Å². The minimum absolute atomic E-state index is 0.0979. The van der Waals surface area contributed by atoms with Crippen LogP contribution in [0.2, 0.25) is 0 Å². The Kier molecular flexibility index (Phi) is 4.03. The van der Waals surface area contributed by atoms with Crippen LogP contribution in [-0.2, 0) is 4.79 Å². The van der Waals surface area contributed by atoms with Crippen molar-refractivity contribution in [3.63, 3.8) is 0 Å². The normalized spacial score (nSPS) is 12.5. The molecule has 0 aromatic carbocycles. The van der Waals surface area contributed by atoms with E-state index in [-0.39, 0.29) is 11.8 Å². The van der Waals surface area contributed by atoms with Gasteiger partial charge in [0, 0.05) is 16.6 Å². The molecule has 0 radical (unpaired) electrons. The fourth-order valence-electron chi connectivity index (χ4n) is 0.956. The van der Waals surface area contributed by atoms with Gasteiger partial charge >= 0.3 is 0 Å². The lowest BCUT2D eigenvalue weighted by Gasteiger charge is -2.07. The van der Waals surface area contributed by atoms with Gasteiger partial charge in [-0.15, -0.1) is 11.8 Å². The molecule has 1 aromatic rings. The SMILES string of the molecule is Cc1occc1SCC(C)C(=O)NN. The lowest BCUT2D eigenvalue weighted by atomic mass is 10.2. The van der Waals surface area contributed by atoms with E-state index in [9.17, 15) is 4.79 Å². The first kappa shape index (κ1) is 11.1. The largest absolute Gasteiger partial charge is 0.468 e. The number of furan rings is 1. The predicted molar refractivity (Wildman–Crippen MR) is 55.7 cm³/mol. The summed E-state index contributed by atoms with van der Waals surface area (Å²) >= 11 is 1.60. The number of hydrazine groups is 1. The van der Waals surface area contributed by atoms with Gasteiger partial charge in [0.15, 0.2) is 0 Å². The van der Waals surface area contributed by atoms with Gasteiger partial charge in [-0.05, 0) is 13.0 Å². The maximum Gasteiger partial charge on any atom is 0.237 e. The highest BCUT2D eigenvalue weighted by Crippen LogP contribution is 2.24. The number of thioether (sulfide) groups is 1. The molecule has 0 aliphatic carbocycles. The molecule has 1 heterocycles. The zero-order valence-corrected chi connectivity index (χ0v) is 9.06. The van der Waals surface area contributed by atoms with Gasteiger partial charge in [-0.25, -0.2) is 5.84 Å². The molecular formula is C9H14N2O2S. The number of rotatable bonds is 4. The van der Waals surface area contributed by atoms with Crippen LogP contribution in [0.25, 0.3) is 0 Å². The van der Waals surface area contributed by atoms with Crippen molar-refractivity contribution in [1.29, 1.82) is 0 Å². The molecule has 78 valence electrons. The van der Waals surface area contributed by atoms with Crippen molar-refractivity contribution in [1.82, 2.24) is 5.43 Å². The van der Waals surface area contributed by atoms with E-state index < -0.39 is 0 Å². The summed E-state index contributed by atoms with van der Waals surface area (Å²) in [5.74, 6) is 6.37. The highest BCUT2D eigenvalue weighted by Gasteiger charge is 2.12. The van der Waals surface area contributed by atoms with E-state index >= 15 is 0 Å². The molecular weight excluding hydrogens is 200 g/mol. The summed E-state index contributed by atoms with van der Waals surface area (Å²) in [5.41, 5.74) is 2.13. The van der Waals surface area contributed by atoms with Crippen LogP contribution >= 0.6 is 11.8 Å². The number of nitrogens with two attached hydrogens (primary N) is 1. The van der Waals surface area contributed by atoms with Crippen LogP contribution in [0.5, 0.6) is 0 Å². The van der Waals surface area contributed by atoms with Crippen LogP contribution in [0, 0.1) is 12.8 Å². The smallest absolute Gasteiger partial charge is 0.237 e. The lowest BCUT2D eigenvalue weighted by Crippen LogP contribution is -2.35. The third-order valence-electron chi connectivity index (χ3n) is 1.89. The van der Waals surface area contributed by atoms with Crippen LogP contribution in [0.15, 0.2) is 21.6 Å². The Hall–Kier alpha value is -0.940. The highest BCUT2D eigenvalue weighted by atomic mass is 32.2. The maximum atomic E-state index is 11.1. The molecule has 1 aromatic heterocycles. The summed E-state index contributed by atoms with van der Waals surface area (Å²) in [6, 6.07) is 1.90. The zero-order chi connectivity index (χ0) is 10.6. The minimum atomic E-state index is -0.140. The number of hydrogen-bond acceptors (Lipinski definition) is 4. The van der Waals surface area contributed by atoms with Gasteiger partial charge in [0.1, 0.15) is 5.76 Å². The van der Waals surface area contributed by atoms with E-state index in [0.29, 0.717) is 5.75 Å². The topological polar surface area (TPSA) is 68.3 Å². The van der Waals surface area contributed by atoms with Crippen molar-refractivity contribution in [2.24, 2.45) is 11.8 Å². The van der Waals surface area contributed by atoms with Crippen molar-refractivity contribution < 1.29 is 9.21 Å². The van der Waals surface area contributed by atoms with Gasteiger partial charge in [-0.3, -0.25) is 10.2 Å². The second-order valence-corrected chi connectivity index (χ2v) is 4.12. The van der Waals surface area contributed by atoms with E-state index in [0.717, 1.165) is 10.7 Å². The molecule has 3 N–H and O–H groups in total. The van der Waals surface area contributed by atoms with Crippen molar-refractivity contribution in [3.8, 4) is 0 Å². The summed E-state index contributed by atoms with van der Waals surface area (Å²) < 4.78 is 5.14. The van der Waals surface area contributed by atoms with E-state index in [1.165, 1.54) is 0 Å². The molecule has 0 aliphatic heterocycles. The fraction of sp³-hybridized carbons (Fsp3) is 0.444. The molecule has 1 amide bonds. The molecule has 0 fully saturated rings. The third kappa shape index (κ3) is 2.78. The molecule has 1 unspecified atom stereocenters. The van der Waals surface area contributed by atoms with E-state index in [1.807, 2.05) is 19.9 Å². The number of carbonyl (C=O) groups is 1. The van der Waals surface area contributed by atoms with Crippen LogP contribution < -0.4 is 11.3 Å². The number of carbonyl (C=O) groups excluding carboxylic acids is 1. The molecule has 0 saturated carbocycles. The molecule has 0 spiro atoms. The van der Waals surface area contributed by atoms with Crippen molar-refractivity contribution >= 4 is 17.7 Å². The summed E-state index contributed by atoms with van der Waals surface area (Å²) in [4.78, 5) is 12.2. The Bertz CT molecular complexity index is 312. The zero-order valence-electron chi connectivity index (χ0n) is 8.24. The lowest BCUT2D eigenvalue weighted by molar-refractivity contribution is -0.123. The number of aryl methyl sites for hydroxylation is 1. The van der Waals surface area contributed by atoms with E-state index in [1.54, 1.807) is 18.0 Å². The first-order valence-corrected chi connectivity index (χ1v) is 5.31. The maximum absolute atomic E-state index is 11.1. The van der Waals surface area contributed by atoms with Gasteiger partial charge < -0.3 is 4.42 Å². The van der Waals surface area contributed by atoms with Gasteiger partial charge in [0.25, 0.3) is 0 Å². The Balaban J connectivity index is 2.41. The second kappa shape index (κ2) is 5.07. The average Bonchev–Trinajstić information content (AvgIpc) is 2.59. The second-order valence-electron chi connectivity index (χ2n) is 3.06. The summed E-state index contributed by atoms with van der Waals surface area (Å²) in [5, 5.41) is 0. The van der Waals surface area contributed by atoms with Crippen molar-refractivity contribution in [2.75, 3.05) is 5.75 Å². The Labute approximate surface area is 87.2 Å². The van der Waals surface area contributed by atoms with Crippen LogP contribution in [0.1, 0.15) is 12.7 Å². The van der Waals surface area contributed by atoms with Gasteiger partial charge in [-0.1, -0.05) is 6.92 Å². The Morgan fingerprint density at radius 2 is 2.50 bits per heavy atom. The predicted octanol–water partition coefficient (Wildman–Crippen LogP) is 1.31. The van der Waals surface area contributed by atoms with Gasteiger partial charge in [0.05, 0.1) is 6.26 Å². The first-order chi connectivity index (χ1) is 6.65. The monoisotopic (exact) mass is 214 g/mol.